The Balaban J connectivity index is 1.98. The second-order valence-corrected chi connectivity index (χ2v) is 5.08. The SMILES string of the molecule is CC1CN(Cc2ccc(Br)o2)C(C)CN1. The molecule has 1 aromatic rings. The summed E-state index contributed by atoms with van der Waals surface area (Å²) >= 11 is 3.33. The molecule has 0 saturated carbocycles. The molecular weight excluding hydrogens is 256 g/mol. The minimum atomic E-state index is 0.569. The first-order valence-corrected chi connectivity index (χ1v) is 6.16. The van der Waals surface area contributed by atoms with E-state index in [1.54, 1.807) is 0 Å². The molecule has 2 atom stereocenters. The zero-order chi connectivity index (χ0) is 10.8. The zero-order valence-corrected chi connectivity index (χ0v) is 10.8. The van der Waals surface area contributed by atoms with E-state index >= 15 is 0 Å². The number of rotatable bonds is 2. The Labute approximate surface area is 99.0 Å². The van der Waals surface area contributed by atoms with Crippen molar-refractivity contribution < 1.29 is 4.42 Å². The number of halogens is 1. The van der Waals surface area contributed by atoms with Crippen LogP contribution in [0.2, 0.25) is 0 Å². The van der Waals surface area contributed by atoms with Crippen LogP contribution in [0.1, 0.15) is 19.6 Å². The van der Waals surface area contributed by atoms with Crippen LogP contribution in [-0.4, -0.2) is 30.1 Å². The van der Waals surface area contributed by atoms with Crippen molar-refractivity contribution in [1.29, 1.82) is 0 Å². The molecule has 15 heavy (non-hydrogen) atoms. The van der Waals surface area contributed by atoms with Crippen molar-refractivity contribution in [1.82, 2.24) is 10.2 Å². The maximum Gasteiger partial charge on any atom is 0.169 e. The second-order valence-electron chi connectivity index (χ2n) is 4.29. The van der Waals surface area contributed by atoms with Crippen molar-refractivity contribution in [2.24, 2.45) is 0 Å². The van der Waals surface area contributed by atoms with Gasteiger partial charge in [0.05, 0.1) is 6.54 Å². The first kappa shape index (κ1) is 11.2. The molecule has 0 spiro atoms. The number of furan rings is 1. The highest BCUT2D eigenvalue weighted by Crippen LogP contribution is 2.18. The highest BCUT2D eigenvalue weighted by atomic mass is 79.9. The normalized spacial score (nSPS) is 28.2. The molecule has 4 heteroatoms. The van der Waals surface area contributed by atoms with Crippen LogP contribution in [0.15, 0.2) is 21.2 Å². The lowest BCUT2D eigenvalue weighted by Crippen LogP contribution is -2.53. The highest BCUT2D eigenvalue weighted by molar-refractivity contribution is 9.10. The van der Waals surface area contributed by atoms with Gasteiger partial charge in [-0.05, 0) is 41.9 Å². The fourth-order valence-corrected chi connectivity index (χ4v) is 2.29. The Morgan fingerprint density at radius 1 is 1.53 bits per heavy atom. The number of piperazine rings is 1. The lowest BCUT2D eigenvalue weighted by Gasteiger charge is -2.36. The van der Waals surface area contributed by atoms with Gasteiger partial charge in [-0.15, -0.1) is 0 Å². The average Bonchev–Trinajstić information content (AvgIpc) is 2.58. The van der Waals surface area contributed by atoms with E-state index in [0.717, 1.165) is 30.1 Å². The molecule has 0 aromatic carbocycles. The second kappa shape index (κ2) is 4.68. The van der Waals surface area contributed by atoms with Gasteiger partial charge in [-0.2, -0.15) is 0 Å². The van der Waals surface area contributed by atoms with E-state index in [2.05, 4.69) is 40.0 Å². The number of hydrogen-bond donors (Lipinski definition) is 1. The van der Waals surface area contributed by atoms with E-state index in [1.165, 1.54) is 0 Å². The fourth-order valence-electron chi connectivity index (χ4n) is 1.95. The third-order valence-electron chi connectivity index (χ3n) is 2.88. The van der Waals surface area contributed by atoms with Gasteiger partial charge in [-0.3, -0.25) is 4.90 Å². The van der Waals surface area contributed by atoms with E-state index in [9.17, 15) is 0 Å². The van der Waals surface area contributed by atoms with E-state index < -0.39 is 0 Å². The Hall–Kier alpha value is -0.320. The molecule has 0 aliphatic carbocycles. The smallest absolute Gasteiger partial charge is 0.169 e. The minimum absolute atomic E-state index is 0.569. The van der Waals surface area contributed by atoms with E-state index in [0.29, 0.717) is 12.1 Å². The quantitative estimate of drug-likeness (QED) is 0.895. The predicted molar refractivity (Wildman–Crippen MR) is 63.7 cm³/mol. The van der Waals surface area contributed by atoms with Gasteiger partial charge >= 0.3 is 0 Å². The lowest BCUT2D eigenvalue weighted by molar-refractivity contribution is 0.129. The van der Waals surface area contributed by atoms with Crippen molar-refractivity contribution in [2.45, 2.75) is 32.5 Å². The first-order chi connectivity index (χ1) is 7.15. The predicted octanol–water partition coefficient (Wildman–Crippen LogP) is 2.22. The van der Waals surface area contributed by atoms with Crippen LogP contribution in [0, 0.1) is 0 Å². The molecule has 1 fully saturated rings. The van der Waals surface area contributed by atoms with Crippen molar-refractivity contribution in [3.63, 3.8) is 0 Å². The maximum atomic E-state index is 5.52. The maximum absolute atomic E-state index is 5.52. The van der Waals surface area contributed by atoms with Crippen molar-refractivity contribution in [2.75, 3.05) is 13.1 Å². The van der Waals surface area contributed by atoms with Crippen LogP contribution in [0.5, 0.6) is 0 Å². The monoisotopic (exact) mass is 272 g/mol. The van der Waals surface area contributed by atoms with Crippen LogP contribution in [0.25, 0.3) is 0 Å². The van der Waals surface area contributed by atoms with Crippen molar-refractivity contribution in [3.8, 4) is 0 Å². The summed E-state index contributed by atoms with van der Waals surface area (Å²) in [5.74, 6) is 1.03. The van der Waals surface area contributed by atoms with Gasteiger partial charge in [0.15, 0.2) is 4.67 Å². The molecule has 2 heterocycles. The Morgan fingerprint density at radius 3 is 3.00 bits per heavy atom. The van der Waals surface area contributed by atoms with Gasteiger partial charge < -0.3 is 9.73 Å². The van der Waals surface area contributed by atoms with Gasteiger partial charge in [0.1, 0.15) is 5.76 Å². The van der Waals surface area contributed by atoms with Crippen LogP contribution >= 0.6 is 15.9 Å². The Bertz CT molecular complexity index is 326. The van der Waals surface area contributed by atoms with Gasteiger partial charge in [0.25, 0.3) is 0 Å². The standard InChI is InChI=1S/C11H17BrN2O/c1-8-6-14(9(2)5-13-8)7-10-3-4-11(12)15-10/h3-4,8-9,13H,5-7H2,1-2H3. The minimum Gasteiger partial charge on any atom is -0.453 e. The van der Waals surface area contributed by atoms with Crippen LogP contribution in [0.4, 0.5) is 0 Å². The molecule has 3 nitrogen and oxygen atoms in total. The third-order valence-corrected chi connectivity index (χ3v) is 3.31. The van der Waals surface area contributed by atoms with E-state index in [-0.39, 0.29) is 0 Å². The van der Waals surface area contributed by atoms with Gasteiger partial charge in [-0.25, -0.2) is 0 Å². The highest BCUT2D eigenvalue weighted by Gasteiger charge is 2.22. The number of nitrogens with one attached hydrogen (secondary N) is 1. The van der Waals surface area contributed by atoms with Gasteiger partial charge in [0, 0.05) is 25.2 Å². The lowest BCUT2D eigenvalue weighted by atomic mass is 10.1. The summed E-state index contributed by atoms with van der Waals surface area (Å²) in [5, 5.41) is 3.47. The molecule has 1 aromatic heterocycles. The molecule has 1 N–H and O–H groups in total. The molecule has 1 aliphatic rings. The Kier molecular flexibility index (Phi) is 3.49. The molecule has 1 aliphatic heterocycles. The summed E-state index contributed by atoms with van der Waals surface area (Å²) in [6.45, 7) is 7.51. The van der Waals surface area contributed by atoms with Crippen LogP contribution < -0.4 is 5.32 Å². The van der Waals surface area contributed by atoms with Gasteiger partial charge in [0.2, 0.25) is 0 Å². The van der Waals surface area contributed by atoms with Crippen molar-refractivity contribution >= 4 is 15.9 Å². The fraction of sp³-hybridized carbons (Fsp3) is 0.636. The largest absolute Gasteiger partial charge is 0.453 e. The van der Waals surface area contributed by atoms with E-state index in [4.69, 9.17) is 4.42 Å². The summed E-state index contributed by atoms with van der Waals surface area (Å²) in [4.78, 5) is 2.45. The molecule has 84 valence electrons. The summed E-state index contributed by atoms with van der Waals surface area (Å²) in [6, 6.07) is 5.12. The Morgan fingerprint density at radius 2 is 2.33 bits per heavy atom. The molecule has 0 radical (unpaired) electrons. The molecular formula is C11H17BrN2O. The number of hydrogen-bond acceptors (Lipinski definition) is 3. The molecule has 0 bridgehead atoms. The summed E-state index contributed by atoms with van der Waals surface area (Å²) < 4.78 is 6.34. The summed E-state index contributed by atoms with van der Waals surface area (Å²) in [5.41, 5.74) is 0. The summed E-state index contributed by atoms with van der Waals surface area (Å²) in [7, 11) is 0. The number of nitrogens with zero attached hydrogens (tertiary/aromatic N) is 1. The van der Waals surface area contributed by atoms with E-state index in [1.807, 2.05) is 12.1 Å². The molecule has 0 amide bonds. The van der Waals surface area contributed by atoms with Gasteiger partial charge in [-0.1, -0.05) is 0 Å². The first-order valence-electron chi connectivity index (χ1n) is 5.37. The third kappa shape index (κ3) is 2.83. The topological polar surface area (TPSA) is 28.4 Å². The average molecular weight is 273 g/mol. The molecule has 2 unspecified atom stereocenters. The van der Waals surface area contributed by atoms with Crippen LogP contribution in [-0.2, 0) is 6.54 Å². The van der Waals surface area contributed by atoms with Crippen molar-refractivity contribution in [3.05, 3.63) is 22.6 Å². The molecule has 1 saturated heterocycles. The molecule has 2 rings (SSSR count). The zero-order valence-electron chi connectivity index (χ0n) is 9.16. The van der Waals surface area contributed by atoms with Crippen LogP contribution in [0.3, 0.4) is 0 Å². The summed E-state index contributed by atoms with van der Waals surface area (Å²) in [6.07, 6.45) is 0.